The minimum atomic E-state index is 0.633. The summed E-state index contributed by atoms with van der Waals surface area (Å²) in [6, 6.07) is 1.30. The predicted octanol–water partition coefficient (Wildman–Crippen LogP) is 3.11. The van der Waals surface area contributed by atoms with Crippen LogP contribution in [-0.4, -0.2) is 40.1 Å². The molecule has 2 heterocycles. The van der Waals surface area contributed by atoms with Crippen molar-refractivity contribution in [3.63, 3.8) is 0 Å². The van der Waals surface area contributed by atoms with Gasteiger partial charge in [0.05, 0.1) is 0 Å². The second-order valence-corrected chi connectivity index (χ2v) is 6.51. The zero-order valence-corrected chi connectivity index (χ0v) is 12.7. The predicted molar refractivity (Wildman–Crippen MR) is 83.0 cm³/mol. The number of piperidine rings is 1. The maximum absolute atomic E-state index is 4.53. The van der Waals surface area contributed by atoms with E-state index >= 15 is 0 Å². The van der Waals surface area contributed by atoms with E-state index in [4.69, 9.17) is 0 Å². The molecular formula is C16H28N4. The van der Waals surface area contributed by atoms with Crippen LogP contribution in [0.15, 0.2) is 12.4 Å². The van der Waals surface area contributed by atoms with E-state index in [1.165, 1.54) is 57.9 Å². The Morgan fingerprint density at radius 3 is 2.75 bits per heavy atom. The van der Waals surface area contributed by atoms with Crippen LogP contribution in [0.25, 0.3) is 0 Å². The topological polar surface area (TPSA) is 33.1 Å². The fraction of sp³-hybridized carbons (Fsp3) is 0.812. The lowest BCUT2D eigenvalue weighted by molar-refractivity contribution is 0.168. The number of anilines is 1. The first-order valence-electron chi connectivity index (χ1n) is 8.31. The van der Waals surface area contributed by atoms with Gasteiger partial charge in [0.15, 0.2) is 0 Å². The standard InChI is InChI=1S/C16H28N4/c1-19-11-6-5-9-15(19)13-20-12-10-17-16(20)18-14-7-3-2-4-8-14/h10,12,14-15H,2-9,11,13H2,1H3,(H,17,18). The van der Waals surface area contributed by atoms with Crippen LogP contribution in [0.3, 0.4) is 0 Å². The number of likely N-dealkylation sites (N-methyl/N-ethyl adjacent to an activating group) is 1. The van der Waals surface area contributed by atoms with Crippen LogP contribution < -0.4 is 5.32 Å². The number of imidazole rings is 1. The highest BCUT2D eigenvalue weighted by Crippen LogP contribution is 2.22. The van der Waals surface area contributed by atoms with Crippen molar-refractivity contribution in [3.8, 4) is 0 Å². The summed E-state index contributed by atoms with van der Waals surface area (Å²) in [6.45, 7) is 2.32. The minimum absolute atomic E-state index is 0.633. The molecule has 2 fully saturated rings. The largest absolute Gasteiger partial charge is 0.353 e. The molecule has 0 aromatic carbocycles. The van der Waals surface area contributed by atoms with Gasteiger partial charge < -0.3 is 14.8 Å². The smallest absolute Gasteiger partial charge is 0.203 e. The summed E-state index contributed by atoms with van der Waals surface area (Å²) in [5.41, 5.74) is 0. The zero-order chi connectivity index (χ0) is 13.8. The minimum Gasteiger partial charge on any atom is -0.353 e. The number of likely N-dealkylation sites (tertiary alicyclic amines) is 1. The van der Waals surface area contributed by atoms with E-state index < -0.39 is 0 Å². The molecule has 0 amide bonds. The highest BCUT2D eigenvalue weighted by atomic mass is 15.2. The van der Waals surface area contributed by atoms with Gasteiger partial charge in [-0.2, -0.15) is 0 Å². The Kier molecular flexibility index (Phi) is 4.61. The average molecular weight is 276 g/mol. The van der Waals surface area contributed by atoms with Crippen LogP contribution in [0, 0.1) is 0 Å². The Morgan fingerprint density at radius 2 is 1.95 bits per heavy atom. The summed E-state index contributed by atoms with van der Waals surface area (Å²) in [7, 11) is 2.26. The first-order chi connectivity index (χ1) is 9.83. The second-order valence-electron chi connectivity index (χ2n) is 6.51. The summed E-state index contributed by atoms with van der Waals surface area (Å²) in [5, 5.41) is 3.67. The molecule has 1 aliphatic heterocycles. The molecule has 0 bridgehead atoms. The quantitative estimate of drug-likeness (QED) is 0.917. The van der Waals surface area contributed by atoms with Crippen molar-refractivity contribution in [1.29, 1.82) is 0 Å². The number of hydrogen-bond donors (Lipinski definition) is 1. The SMILES string of the molecule is CN1CCCCC1Cn1ccnc1NC1CCCCC1. The van der Waals surface area contributed by atoms with Crippen LogP contribution in [0.5, 0.6) is 0 Å². The van der Waals surface area contributed by atoms with E-state index in [1.54, 1.807) is 0 Å². The van der Waals surface area contributed by atoms with Crippen LogP contribution >= 0.6 is 0 Å². The van der Waals surface area contributed by atoms with Crippen molar-refractivity contribution in [3.05, 3.63) is 12.4 Å². The van der Waals surface area contributed by atoms with Gasteiger partial charge in [0.25, 0.3) is 0 Å². The lowest BCUT2D eigenvalue weighted by atomic mass is 9.96. The molecule has 1 unspecified atom stereocenters. The maximum atomic E-state index is 4.53. The van der Waals surface area contributed by atoms with Crippen molar-refractivity contribution < 1.29 is 0 Å². The van der Waals surface area contributed by atoms with Crippen molar-refractivity contribution in [2.45, 2.75) is 70.0 Å². The van der Waals surface area contributed by atoms with E-state index in [1.807, 2.05) is 6.20 Å². The van der Waals surface area contributed by atoms with Crippen molar-refractivity contribution in [2.24, 2.45) is 0 Å². The second kappa shape index (κ2) is 6.61. The monoisotopic (exact) mass is 276 g/mol. The van der Waals surface area contributed by atoms with E-state index in [2.05, 4.69) is 33.0 Å². The van der Waals surface area contributed by atoms with Gasteiger partial charge in [-0.3, -0.25) is 0 Å². The number of nitrogens with one attached hydrogen (secondary N) is 1. The molecule has 1 saturated carbocycles. The van der Waals surface area contributed by atoms with Crippen molar-refractivity contribution in [1.82, 2.24) is 14.5 Å². The molecule has 4 nitrogen and oxygen atoms in total. The van der Waals surface area contributed by atoms with E-state index in [9.17, 15) is 0 Å². The molecular weight excluding hydrogens is 248 g/mol. The van der Waals surface area contributed by atoms with Gasteiger partial charge in [-0.25, -0.2) is 4.98 Å². The molecule has 2 aliphatic rings. The summed E-state index contributed by atoms with van der Waals surface area (Å²) >= 11 is 0. The molecule has 4 heteroatoms. The molecule has 1 saturated heterocycles. The van der Waals surface area contributed by atoms with Crippen molar-refractivity contribution in [2.75, 3.05) is 18.9 Å². The molecule has 0 radical (unpaired) electrons. The third-order valence-corrected chi connectivity index (χ3v) is 4.98. The van der Waals surface area contributed by atoms with Crippen LogP contribution in [0.2, 0.25) is 0 Å². The average Bonchev–Trinajstić information content (AvgIpc) is 2.90. The fourth-order valence-electron chi connectivity index (χ4n) is 3.63. The molecule has 1 aliphatic carbocycles. The molecule has 1 aromatic rings. The third kappa shape index (κ3) is 3.35. The molecule has 112 valence electrons. The summed E-state index contributed by atoms with van der Waals surface area (Å²) in [5.74, 6) is 1.08. The summed E-state index contributed by atoms with van der Waals surface area (Å²) in [4.78, 5) is 7.04. The highest BCUT2D eigenvalue weighted by molar-refractivity contribution is 5.28. The number of hydrogen-bond acceptors (Lipinski definition) is 3. The first-order valence-corrected chi connectivity index (χ1v) is 8.31. The van der Waals surface area contributed by atoms with E-state index in [0.29, 0.717) is 12.1 Å². The van der Waals surface area contributed by atoms with Crippen molar-refractivity contribution >= 4 is 5.95 Å². The molecule has 1 atom stereocenters. The Hall–Kier alpha value is -1.03. The van der Waals surface area contributed by atoms with Gasteiger partial charge >= 0.3 is 0 Å². The number of nitrogens with zero attached hydrogens (tertiary/aromatic N) is 3. The fourth-order valence-corrected chi connectivity index (χ4v) is 3.63. The molecule has 3 rings (SSSR count). The highest BCUT2D eigenvalue weighted by Gasteiger charge is 2.21. The molecule has 20 heavy (non-hydrogen) atoms. The van der Waals surface area contributed by atoms with Crippen LogP contribution in [0.4, 0.5) is 5.95 Å². The maximum Gasteiger partial charge on any atom is 0.203 e. The lowest BCUT2D eigenvalue weighted by Gasteiger charge is -2.33. The van der Waals surface area contributed by atoms with Gasteiger partial charge in [0.2, 0.25) is 5.95 Å². The van der Waals surface area contributed by atoms with Gasteiger partial charge in [-0.15, -0.1) is 0 Å². The first kappa shape index (κ1) is 13.9. The Labute approximate surface area is 122 Å². The summed E-state index contributed by atoms with van der Waals surface area (Å²) in [6.07, 6.45) is 14.8. The molecule has 0 spiro atoms. The normalized spacial score (nSPS) is 25.8. The Balaban J connectivity index is 1.60. The van der Waals surface area contributed by atoms with Gasteiger partial charge in [-0.1, -0.05) is 25.7 Å². The zero-order valence-electron chi connectivity index (χ0n) is 12.7. The van der Waals surface area contributed by atoms with Gasteiger partial charge in [0, 0.05) is 31.0 Å². The van der Waals surface area contributed by atoms with Gasteiger partial charge in [0.1, 0.15) is 0 Å². The third-order valence-electron chi connectivity index (χ3n) is 4.98. The van der Waals surface area contributed by atoms with Crippen LogP contribution in [0.1, 0.15) is 51.4 Å². The molecule has 1 N–H and O–H groups in total. The Morgan fingerprint density at radius 1 is 1.15 bits per heavy atom. The van der Waals surface area contributed by atoms with E-state index in [-0.39, 0.29) is 0 Å². The number of rotatable bonds is 4. The van der Waals surface area contributed by atoms with Gasteiger partial charge in [-0.05, 0) is 39.3 Å². The molecule has 1 aromatic heterocycles. The van der Waals surface area contributed by atoms with Crippen LogP contribution in [-0.2, 0) is 6.54 Å². The number of aromatic nitrogens is 2. The summed E-state index contributed by atoms with van der Waals surface area (Å²) < 4.78 is 2.32. The van der Waals surface area contributed by atoms with E-state index in [0.717, 1.165) is 12.5 Å². The Bertz CT molecular complexity index is 408. The lowest BCUT2D eigenvalue weighted by Crippen LogP contribution is -2.39.